The third kappa shape index (κ3) is 2.91. The number of aromatic nitrogens is 1. The summed E-state index contributed by atoms with van der Waals surface area (Å²) in [7, 11) is 0. The second-order valence-electron chi connectivity index (χ2n) is 4.72. The average molecular weight is 252 g/mol. The summed E-state index contributed by atoms with van der Waals surface area (Å²) in [5.74, 6) is 0.456. The average Bonchev–Trinajstić information content (AvgIpc) is 2.60. The van der Waals surface area contributed by atoms with Crippen molar-refractivity contribution in [2.75, 3.05) is 5.32 Å². The topological polar surface area (TPSA) is 59.1 Å². The SMILES string of the molecule is CC(C)CC(=O)Nc1nc2c(s1)C(=O)CCC2. The lowest BCUT2D eigenvalue weighted by molar-refractivity contribution is -0.116. The van der Waals surface area contributed by atoms with Gasteiger partial charge in [0.1, 0.15) is 0 Å². The summed E-state index contributed by atoms with van der Waals surface area (Å²) >= 11 is 1.31. The molecule has 0 radical (unpaired) electrons. The van der Waals surface area contributed by atoms with Crippen molar-refractivity contribution in [3.8, 4) is 0 Å². The fraction of sp³-hybridized carbons (Fsp3) is 0.583. The Hall–Kier alpha value is -1.23. The van der Waals surface area contributed by atoms with E-state index in [2.05, 4.69) is 10.3 Å². The molecule has 0 fully saturated rings. The molecule has 17 heavy (non-hydrogen) atoms. The molecular formula is C12H16N2O2S. The summed E-state index contributed by atoms with van der Waals surface area (Å²) < 4.78 is 0. The summed E-state index contributed by atoms with van der Waals surface area (Å²) in [6.45, 7) is 3.99. The fourth-order valence-electron chi connectivity index (χ4n) is 1.86. The number of Topliss-reactive ketones (excluding diaryl/α,β-unsaturated/α-hetero) is 1. The maximum atomic E-state index is 11.6. The Morgan fingerprint density at radius 3 is 2.88 bits per heavy atom. The first-order chi connectivity index (χ1) is 8.06. The smallest absolute Gasteiger partial charge is 0.226 e. The minimum atomic E-state index is -0.0291. The van der Waals surface area contributed by atoms with Crippen molar-refractivity contribution in [2.24, 2.45) is 5.92 Å². The molecule has 5 heteroatoms. The molecule has 0 spiro atoms. The summed E-state index contributed by atoms with van der Waals surface area (Å²) in [4.78, 5) is 28.3. The monoisotopic (exact) mass is 252 g/mol. The van der Waals surface area contributed by atoms with Crippen LogP contribution in [0.5, 0.6) is 0 Å². The first-order valence-corrected chi connectivity index (χ1v) is 6.70. The molecule has 4 nitrogen and oxygen atoms in total. The van der Waals surface area contributed by atoms with Gasteiger partial charge in [-0.15, -0.1) is 0 Å². The number of nitrogens with zero attached hydrogens (tertiary/aromatic N) is 1. The van der Waals surface area contributed by atoms with Gasteiger partial charge in [-0.3, -0.25) is 9.59 Å². The third-order valence-electron chi connectivity index (χ3n) is 2.61. The number of aryl methyl sites for hydroxylation is 1. The quantitative estimate of drug-likeness (QED) is 0.899. The lowest BCUT2D eigenvalue weighted by atomic mass is 10.0. The number of amides is 1. The molecule has 1 heterocycles. The van der Waals surface area contributed by atoms with Gasteiger partial charge in [-0.2, -0.15) is 0 Å². The van der Waals surface area contributed by atoms with E-state index in [0.29, 0.717) is 23.9 Å². The summed E-state index contributed by atoms with van der Waals surface area (Å²) in [5, 5.41) is 3.33. The van der Waals surface area contributed by atoms with E-state index in [-0.39, 0.29) is 11.7 Å². The van der Waals surface area contributed by atoms with E-state index in [1.54, 1.807) is 0 Å². The molecule has 0 saturated heterocycles. The Kier molecular flexibility index (Phi) is 3.57. The van der Waals surface area contributed by atoms with Crippen molar-refractivity contribution in [1.82, 2.24) is 4.98 Å². The van der Waals surface area contributed by atoms with Crippen LogP contribution in [-0.4, -0.2) is 16.7 Å². The zero-order chi connectivity index (χ0) is 12.4. The first kappa shape index (κ1) is 12.2. The molecule has 0 unspecified atom stereocenters. The Morgan fingerprint density at radius 2 is 2.24 bits per heavy atom. The van der Waals surface area contributed by atoms with Crippen LogP contribution in [0.1, 0.15) is 48.5 Å². The molecule has 0 atom stereocenters. The maximum absolute atomic E-state index is 11.6. The molecule has 92 valence electrons. The minimum absolute atomic E-state index is 0.0291. The predicted molar refractivity (Wildman–Crippen MR) is 67.5 cm³/mol. The Bertz CT molecular complexity index is 451. The van der Waals surface area contributed by atoms with Crippen LogP contribution in [0.25, 0.3) is 0 Å². The van der Waals surface area contributed by atoms with Gasteiger partial charge < -0.3 is 5.32 Å². The van der Waals surface area contributed by atoms with Gasteiger partial charge in [0.15, 0.2) is 10.9 Å². The molecule has 0 saturated carbocycles. The van der Waals surface area contributed by atoms with Crippen LogP contribution in [0.3, 0.4) is 0 Å². The van der Waals surface area contributed by atoms with Gasteiger partial charge in [0, 0.05) is 12.8 Å². The van der Waals surface area contributed by atoms with E-state index in [1.807, 2.05) is 13.8 Å². The van der Waals surface area contributed by atoms with E-state index in [4.69, 9.17) is 0 Å². The number of carbonyl (C=O) groups excluding carboxylic acids is 2. The Balaban J connectivity index is 2.08. The van der Waals surface area contributed by atoms with Gasteiger partial charge >= 0.3 is 0 Å². The van der Waals surface area contributed by atoms with Crippen LogP contribution >= 0.6 is 11.3 Å². The van der Waals surface area contributed by atoms with Gasteiger partial charge in [-0.05, 0) is 18.8 Å². The molecule has 1 aliphatic rings. The van der Waals surface area contributed by atoms with Crippen LogP contribution in [0.4, 0.5) is 5.13 Å². The fourth-order valence-corrected chi connectivity index (χ4v) is 2.86. The minimum Gasteiger partial charge on any atom is -0.302 e. The normalized spacial score (nSPS) is 14.9. The molecule has 0 aromatic carbocycles. The first-order valence-electron chi connectivity index (χ1n) is 5.89. The highest BCUT2D eigenvalue weighted by atomic mass is 32.1. The molecule has 1 N–H and O–H groups in total. The molecular weight excluding hydrogens is 236 g/mol. The second-order valence-corrected chi connectivity index (χ2v) is 5.72. The largest absolute Gasteiger partial charge is 0.302 e. The number of rotatable bonds is 3. The van der Waals surface area contributed by atoms with Crippen molar-refractivity contribution in [3.63, 3.8) is 0 Å². The van der Waals surface area contributed by atoms with Crippen LogP contribution in [0.15, 0.2) is 0 Å². The van der Waals surface area contributed by atoms with Gasteiger partial charge in [0.05, 0.1) is 10.6 Å². The molecule has 1 aromatic heterocycles. The Morgan fingerprint density at radius 1 is 1.47 bits per heavy atom. The number of hydrogen-bond acceptors (Lipinski definition) is 4. The number of nitrogens with one attached hydrogen (secondary N) is 1. The third-order valence-corrected chi connectivity index (χ3v) is 3.66. The van der Waals surface area contributed by atoms with Crippen molar-refractivity contribution in [1.29, 1.82) is 0 Å². The summed E-state index contributed by atoms with van der Waals surface area (Å²) in [6.07, 6.45) is 2.80. The molecule has 1 aromatic rings. The number of hydrogen-bond donors (Lipinski definition) is 1. The number of anilines is 1. The van der Waals surface area contributed by atoms with Crippen LogP contribution in [0, 0.1) is 5.92 Å². The van der Waals surface area contributed by atoms with E-state index in [0.717, 1.165) is 23.4 Å². The lowest BCUT2D eigenvalue weighted by Crippen LogP contribution is -2.13. The van der Waals surface area contributed by atoms with Gasteiger partial charge in [-0.1, -0.05) is 25.2 Å². The maximum Gasteiger partial charge on any atom is 0.226 e. The molecule has 0 bridgehead atoms. The van der Waals surface area contributed by atoms with Crippen LogP contribution < -0.4 is 5.32 Å². The highest BCUT2D eigenvalue weighted by molar-refractivity contribution is 7.17. The predicted octanol–water partition coefficient (Wildman–Crippen LogP) is 2.65. The van der Waals surface area contributed by atoms with Gasteiger partial charge in [0.25, 0.3) is 0 Å². The van der Waals surface area contributed by atoms with E-state index < -0.39 is 0 Å². The van der Waals surface area contributed by atoms with Crippen molar-refractivity contribution >= 4 is 28.2 Å². The highest BCUT2D eigenvalue weighted by Crippen LogP contribution is 2.29. The zero-order valence-corrected chi connectivity index (χ0v) is 10.9. The van der Waals surface area contributed by atoms with Gasteiger partial charge in [-0.25, -0.2) is 4.98 Å². The van der Waals surface area contributed by atoms with Gasteiger partial charge in [0.2, 0.25) is 5.91 Å². The van der Waals surface area contributed by atoms with Crippen LogP contribution in [-0.2, 0) is 11.2 Å². The lowest BCUT2D eigenvalue weighted by Gasteiger charge is -2.05. The second kappa shape index (κ2) is 4.96. The van der Waals surface area contributed by atoms with Crippen molar-refractivity contribution < 1.29 is 9.59 Å². The standard InChI is InChI=1S/C12H16N2O2S/c1-7(2)6-10(16)14-12-13-8-4-3-5-9(15)11(8)17-12/h7H,3-6H2,1-2H3,(H,13,14,16). The van der Waals surface area contributed by atoms with E-state index in [9.17, 15) is 9.59 Å². The van der Waals surface area contributed by atoms with Crippen LogP contribution in [0.2, 0.25) is 0 Å². The van der Waals surface area contributed by atoms with E-state index >= 15 is 0 Å². The Labute approximate surface area is 104 Å². The van der Waals surface area contributed by atoms with Crippen molar-refractivity contribution in [3.05, 3.63) is 10.6 Å². The number of carbonyl (C=O) groups is 2. The molecule has 2 rings (SSSR count). The number of thiazole rings is 1. The summed E-state index contributed by atoms with van der Waals surface area (Å²) in [5.41, 5.74) is 0.853. The van der Waals surface area contributed by atoms with E-state index in [1.165, 1.54) is 11.3 Å². The highest BCUT2D eigenvalue weighted by Gasteiger charge is 2.22. The number of fused-ring (bicyclic) bond motifs is 1. The molecule has 1 aliphatic carbocycles. The molecule has 0 aliphatic heterocycles. The summed E-state index contributed by atoms with van der Waals surface area (Å²) in [6, 6.07) is 0. The van der Waals surface area contributed by atoms with Crippen molar-refractivity contribution in [2.45, 2.75) is 39.5 Å². The number of ketones is 1. The molecule has 1 amide bonds. The zero-order valence-electron chi connectivity index (χ0n) is 10.1.